The molecule has 1 N–H and O–H groups in total. The molecule has 78 valence electrons. The zero-order valence-electron chi connectivity index (χ0n) is 8.62. The van der Waals surface area contributed by atoms with Crippen LogP contribution >= 0.6 is 11.8 Å². The standard InChI is InChI=1S/C11H15FOS/c1-7(2)14-11-5-4-9(12)6-10(11)8(3)13/h4-8,13H,1-3H3. The van der Waals surface area contributed by atoms with Gasteiger partial charge in [0.2, 0.25) is 0 Å². The summed E-state index contributed by atoms with van der Waals surface area (Å²) in [7, 11) is 0. The summed E-state index contributed by atoms with van der Waals surface area (Å²) < 4.78 is 12.9. The maximum absolute atomic E-state index is 12.9. The number of benzene rings is 1. The average molecular weight is 214 g/mol. The molecule has 1 aromatic rings. The lowest BCUT2D eigenvalue weighted by molar-refractivity contribution is 0.196. The largest absolute Gasteiger partial charge is 0.389 e. The Labute approximate surface area is 88.3 Å². The number of hydrogen-bond donors (Lipinski definition) is 1. The molecule has 14 heavy (non-hydrogen) atoms. The van der Waals surface area contributed by atoms with Crippen LogP contribution in [0.1, 0.15) is 32.4 Å². The van der Waals surface area contributed by atoms with E-state index in [0.717, 1.165) is 4.90 Å². The second-order valence-corrected chi connectivity index (χ2v) is 5.14. The fourth-order valence-corrected chi connectivity index (χ4v) is 2.23. The molecular formula is C11H15FOS. The van der Waals surface area contributed by atoms with Crippen molar-refractivity contribution in [3.63, 3.8) is 0 Å². The van der Waals surface area contributed by atoms with Gasteiger partial charge in [-0.25, -0.2) is 4.39 Å². The zero-order chi connectivity index (χ0) is 10.7. The van der Waals surface area contributed by atoms with E-state index in [1.165, 1.54) is 12.1 Å². The minimum Gasteiger partial charge on any atom is -0.389 e. The maximum Gasteiger partial charge on any atom is 0.123 e. The fraction of sp³-hybridized carbons (Fsp3) is 0.455. The first-order valence-corrected chi connectivity index (χ1v) is 5.53. The Morgan fingerprint density at radius 3 is 2.43 bits per heavy atom. The Hall–Kier alpha value is -0.540. The van der Waals surface area contributed by atoms with Crippen molar-refractivity contribution in [2.75, 3.05) is 0 Å². The molecule has 0 aromatic heterocycles. The molecule has 0 saturated heterocycles. The van der Waals surface area contributed by atoms with Gasteiger partial charge >= 0.3 is 0 Å². The van der Waals surface area contributed by atoms with E-state index in [4.69, 9.17) is 0 Å². The van der Waals surface area contributed by atoms with Crippen LogP contribution in [0.15, 0.2) is 23.1 Å². The van der Waals surface area contributed by atoms with E-state index in [1.54, 1.807) is 24.8 Å². The molecule has 1 nitrogen and oxygen atoms in total. The Kier molecular flexibility index (Phi) is 3.96. The van der Waals surface area contributed by atoms with Gasteiger partial charge in [0.05, 0.1) is 6.10 Å². The molecule has 0 heterocycles. The Bertz CT molecular complexity index is 310. The van der Waals surface area contributed by atoms with E-state index in [9.17, 15) is 9.50 Å². The lowest BCUT2D eigenvalue weighted by Gasteiger charge is -2.13. The fourth-order valence-electron chi connectivity index (χ4n) is 1.21. The number of thioether (sulfide) groups is 1. The molecule has 0 aliphatic carbocycles. The predicted octanol–water partition coefficient (Wildman–Crippen LogP) is 3.38. The third-order valence-corrected chi connectivity index (χ3v) is 2.88. The second kappa shape index (κ2) is 4.80. The third-order valence-electron chi connectivity index (χ3n) is 1.78. The molecule has 0 saturated carbocycles. The Morgan fingerprint density at radius 1 is 1.29 bits per heavy atom. The summed E-state index contributed by atoms with van der Waals surface area (Å²) in [5.41, 5.74) is 0.670. The molecule has 0 aliphatic rings. The topological polar surface area (TPSA) is 20.2 Å². The van der Waals surface area contributed by atoms with Crippen LogP contribution in [0.4, 0.5) is 4.39 Å². The van der Waals surface area contributed by atoms with Crippen molar-refractivity contribution in [1.29, 1.82) is 0 Å². The van der Waals surface area contributed by atoms with E-state index in [1.807, 2.05) is 0 Å². The number of halogens is 1. The van der Waals surface area contributed by atoms with Crippen LogP contribution in [0.25, 0.3) is 0 Å². The Morgan fingerprint density at radius 2 is 1.93 bits per heavy atom. The van der Waals surface area contributed by atoms with Crippen molar-refractivity contribution >= 4 is 11.8 Å². The van der Waals surface area contributed by atoms with Crippen molar-refractivity contribution in [2.24, 2.45) is 0 Å². The molecule has 0 aliphatic heterocycles. The van der Waals surface area contributed by atoms with Gasteiger partial charge in [0.25, 0.3) is 0 Å². The lowest BCUT2D eigenvalue weighted by Crippen LogP contribution is -1.97. The summed E-state index contributed by atoms with van der Waals surface area (Å²) in [5, 5.41) is 9.89. The number of aliphatic hydroxyl groups excluding tert-OH is 1. The van der Waals surface area contributed by atoms with Gasteiger partial charge in [-0.2, -0.15) is 0 Å². The van der Waals surface area contributed by atoms with Crippen LogP contribution in [0.5, 0.6) is 0 Å². The van der Waals surface area contributed by atoms with E-state index < -0.39 is 6.10 Å². The number of rotatable bonds is 3. The van der Waals surface area contributed by atoms with E-state index in [0.29, 0.717) is 10.8 Å². The Balaban J connectivity index is 3.02. The highest BCUT2D eigenvalue weighted by Gasteiger charge is 2.10. The summed E-state index contributed by atoms with van der Waals surface area (Å²) in [6.07, 6.45) is -0.619. The minimum atomic E-state index is -0.619. The van der Waals surface area contributed by atoms with E-state index in [-0.39, 0.29) is 5.82 Å². The van der Waals surface area contributed by atoms with Crippen molar-refractivity contribution < 1.29 is 9.50 Å². The molecule has 0 amide bonds. The quantitative estimate of drug-likeness (QED) is 0.778. The number of aliphatic hydroxyl groups is 1. The molecule has 0 spiro atoms. The first kappa shape index (κ1) is 11.5. The molecule has 1 atom stereocenters. The summed E-state index contributed by atoms with van der Waals surface area (Å²) in [6, 6.07) is 4.55. The van der Waals surface area contributed by atoms with Gasteiger partial charge in [-0.1, -0.05) is 13.8 Å². The van der Waals surface area contributed by atoms with E-state index >= 15 is 0 Å². The summed E-state index contributed by atoms with van der Waals surface area (Å²) in [4.78, 5) is 0.955. The van der Waals surface area contributed by atoms with Gasteiger partial charge in [0, 0.05) is 10.1 Å². The summed E-state index contributed by atoms with van der Waals surface area (Å²) in [6.45, 7) is 5.79. The molecular weight excluding hydrogens is 199 g/mol. The van der Waals surface area contributed by atoms with Crippen LogP contribution in [0, 0.1) is 5.82 Å². The lowest BCUT2D eigenvalue weighted by atomic mass is 10.1. The van der Waals surface area contributed by atoms with Crippen molar-refractivity contribution in [3.05, 3.63) is 29.6 Å². The first-order chi connectivity index (χ1) is 6.50. The van der Waals surface area contributed by atoms with Gasteiger partial charge in [0.1, 0.15) is 5.82 Å². The van der Waals surface area contributed by atoms with Crippen molar-refractivity contribution in [1.82, 2.24) is 0 Å². The highest BCUT2D eigenvalue weighted by Crippen LogP contribution is 2.30. The molecule has 0 bridgehead atoms. The molecule has 1 unspecified atom stereocenters. The van der Waals surface area contributed by atoms with Crippen LogP contribution < -0.4 is 0 Å². The third kappa shape index (κ3) is 3.00. The normalized spacial score (nSPS) is 13.3. The first-order valence-electron chi connectivity index (χ1n) is 4.65. The van der Waals surface area contributed by atoms with Crippen molar-refractivity contribution in [3.8, 4) is 0 Å². The molecule has 1 rings (SSSR count). The number of hydrogen-bond acceptors (Lipinski definition) is 2. The van der Waals surface area contributed by atoms with Gasteiger partial charge in [-0.15, -0.1) is 11.8 Å². The summed E-state index contributed by atoms with van der Waals surface area (Å²) in [5.74, 6) is -0.297. The van der Waals surface area contributed by atoms with Crippen molar-refractivity contribution in [2.45, 2.75) is 37.0 Å². The van der Waals surface area contributed by atoms with Crippen LogP contribution in [-0.4, -0.2) is 10.4 Å². The molecule has 3 heteroatoms. The van der Waals surface area contributed by atoms with Gasteiger partial charge in [-0.3, -0.25) is 0 Å². The van der Waals surface area contributed by atoms with Gasteiger partial charge in [-0.05, 0) is 30.7 Å². The molecule has 1 aromatic carbocycles. The molecule has 0 fully saturated rings. The van der Waals surface area contributed by atoms with E-state index in [2.05, 4.69) is 13.8 Å². The highest BCUT2D eigenvalue weighted by atomic mass is 32.2. The smallest absolute Gasteiger partial charge is 0.123 e. The minimum absolute atomic E-state index is 0.297. The maximum atomic E-state index is 12.9. The van der Waals surface area contributed by atoms with Crippen LogP contribution in [-0.2, 0) is 0 Å². The SMILES string of the molecule is CC(C)Sc1ccc(F)cc1C(C)O. The van der Waals surface area contributed by atoms with Crippen LogP contribution in [0.2, 0.25) is 0 Å². The van der Waals surface area contributed by atoms with Gasteiger partial charge in [0.15, 0.2) is 0 Å². The predicted molar refractivity (Wildman–Crippen MR) is 58.0 cm³/mol. The highest BCUT2D eigenvalue weighted by molar-refractivity contribution is 8.00. The second-order valence-electron chi connectivity index (χ2n) is 3.52. The van der Waals surface area contributed by atoms with Crippen LogP contribution in [0.3, 0.4) is 0 Å². The summed E-state index contributed by atoms with van der Waals surface area (Å²) >= 11 is 1.64. The zero-order valence-corrected chi connectivity index (χ0v) is 9.44. The average Bonchev–Trinajstić information content (AvgIpc) is 2.07. The van der Waals surface area contributed by atoms with Gasteiger partial charge < -0.3 is 5.11 Å². The monoisotopic (exact) mass is 214 g/mol. The molecule has 0 radical (unpaired) electrons.